The van der Waals surface area contributed by atoms with E-state index >= 15 is 0 Å². The number of anilines is 1. The van der Waals surface area contributed by atoms with Gasteiger partial charge in [0.15, 0.2) is 0 Å². The molecule has 0 aliphatic heterocycles. The van der Waals surface area contributed by atoms with Crippen molar-refractivity contribution in [3.63, 3.8) is 0 Å². The molecule has 6 heteroatoms. The normalized spacial score (nSPS) is 11.2. The Morgan fingerprint density at radius 2 is 1.85 bits per heavy atom. The standard InChI is InChI=1S/C14H10N6/c15-14-17-6-4-12(19-14)11-2-1-9-7-10-3-5-16-8-20(10)13(9)18-11/h1-8H,(H2,15,17,19). The van der Waals surface area contributed by atoms with E-state index in [9.17, 15) is 0 Å². The SMILES string of the molecule is Nc1nccc(-c2ccc3cc4ccncn4c3n2)n1. The minimum Gasteiger partial charge on any atom is -0.368 e. The second-order valence-electron chi connectivity index (χ2n) is 4.43. The Morgan fingerprint density at radius 3 is 2.75 bits per heavy atom. The van der Waals surface area contributed by atoms with E-state index < -0.39 is 0 Å². The number of rotatable bonds is 1. The lowest BCUT2D eigenvalue weighted by atomic mass is 10.2. The van der Waals surface area contributed by atoms with Gasteiger partial charge in [0, 0.05) is 17.8 Å². The lowest BCUT2D eigenvalue weighted by Crippen LogP contribution is -1.96. The van der Waals surface area contributed by atoms with E-state index in [4.69, 9.17) is 5.73 Å². The van der Waals surface area contributed by atoms with Crippen molar-refractivity contribution < 1.29 is 0 Å². The van der Waals surface area contributed by atoms with E-state index in [1.807, 2.05) is 22.6 Å². The molecule has 96 valence electrons. The maximum Gasteiger partial charge on any atom is 0.220 e. The zero-order valence-electron chi connectivity index (χ0n) is 10.4. The number of nitrogens with two attached hydrogens (primary N) is 1. The molecule has 6 nitrogen and oxygen atoms in total. The number of hydrogen-bond acceptors (Lipinski definition) is 5. The number of hydrogen-bond donors (Lipinski definition) is 1. The van der Waals surface area contributed by atoms with Gasteiger partial charge in [0.2, 0.25) is 5.95 Å². The van der Waals surface area contributed by atoms with Crippen molar-refractivity contribution in [2.45, 2.75) is 0 Å². The van der Waals surface area contributed by atoms with Gasteiger partial charge in [-0.05, 0) is 30.3 Å². The average molecular weight is 262 g/mol. The number of nitrogen functional groups attached to an aromatic ring is 1. The summed E-state index contributed by atoms with van der Waals surface area (Å²) in [4.78, 5) is 16.9. The van der Waals surface area contributed by atoms with Crippen LogP contribution in [0.5, 0.6) is 0 Å². The number of fused-ring (bicyclic) bond motifs is 3. The van der Waals surface area contributed by atoms with E-state index in [0.29, 0.717) is 5.69 Å². The Hall–Kier alpha value is -3.02. The molecule has 0 spiro atoms. The highest BCUT2D eigenvalue weighted by molar-refractivity contribution is 5.85. The molecule has 4 aromatic heterocycles. The minimum absolute atomic E-state index is 0.242. The predicted molar refractivity (Wildman–Crippen MR) is 75.9 cm³/mol. The number of nitrogens with zero attached hydrogens (tertiary/aromatic N) is 5. The smallest absolute Gasteiger partial charge is 0.220 e. The molecule has 0 aromatic carbocycles. The second kappa shape index (κ2) is 3.99. The van der Waals surface area contributed by atoms with Gasteiger partial charge in [-0.3, -0.25) is 4.40 Å². The molecule has 0 fully saturated rings. The van der Waals surface area contributed by atoms with Gasteiger partial charge >= 0.3 is 0 Å². The zero-order chi connectivity index (χ0) is 13.5. The maximum atomic E-state index is 5.61. The summed E-state index contributed by atoms with van der Waals surface area (Å²) in [5, 5.41) is 1.06. The van der Waals surface area contributed by atoms with Crippen LogP contribution in [0, 0.1) is 0 Å². The minimum atomic E-state index is 0.242. The fourth-order valence-electron chi connectivity index (χ4n) is 2.25. The third-order valence-electron chi connectivity index (χ3n) is 3.17. The first-order valence-electron chi connectivity index (χ1n) is 6.12. The van der Waals surface area contributed by atoms with Crippen molar-refractivity contribution in [2.24, 2.45) is 0 Å². The quantitative estimate of drug-likeness (QED) is 0.566. The third kappa shape index (κ3) is 1.58. The van der Waals surface area contributed by atoms with Crippen molar-refractivity contribution in [2.75, 3.05) is 5.73 Å². The van der Waals surface area contributed by atoms with Crippen LogP contribution in [0.25, 0.3) is 27.9 Å². The van der Waals surface area contributed by atoms with Gasteiger partial charge in [-0.15, -0.1) is 0 Å². The molecule has 0 saturated heterocycles. The van der Waals surface area contributed by atoms with E-state index in [1.54, 1.807) is 24.8 Å². The Labute approximate surface area is 114 Å². The van der Waals surface area contributed by atoms with Crippen LogP contribution in [0.2, 0.25) is 0 Å². The highest BCUT2D eigenvalue weighted by Crippen LogP contribution is 2.22. The van der Waals surface area contributed by atoms with Gasteiger partial charge in [0.1, 0.15) is 12.0 Å². The van der Waals surface area contributed by atoms with Crippen LogP contribution in [0.1, 0.15) is 0 Å². The molecule has 20 heavy (non-hydrogen) atoms. The van der Waals surface area contributed by atoms with E-state index in [-0.39, 0.29) is 5.95 Å². The summed E-state index contributed by atoms with van der Waals surface area (Å²) in [5.74, 6) is 0.242. The first-order valence-corrected chi connectivity index (χ1v) is 6.12. The van der Waals surface area contributed by atoms with Crippen LogP contribution < -0.4 is 5.73 Å². The van der Waals surface area contributed by atoms with Crippen molar-refractivity contribution in [3.05, 3.63) is 49.1 Å². The van der Waals surface area contributed by atoms with Crippen molar-refractivity contribution >= 4 is 22.5 Å². The third-order valence-corrected chi connectivity index (χ3v) is 3.17. The largest absolute Gasteiger partial charge is 0.368 e. The summed E-state index contributed by atoms with van der Waals surface area (Å²) in [6, 6.07) is 9.75. The fourth-order valence-corrected chi connectivity index (χ4v) is 2.25. The molecule has 0 unspecified atom stereocenters. The van der Waals surface area contributed by atoms with Crippen LogP contribution in [0.15, 0.2) is 49.1 Å². The van der Waals surface area contributed by atoms with Crippen molar-refractivity contribution in [1.29, 1.82) is 0 Å². The van der Waals surface area contributed by atoms with E-state index in [0.717, 1.165) is 22.2 Å². The van der Waals surface area contributed by atoms with Gasteiger partial charge in [-0.1, -0.05) is 0 Å². The van der Waals surface area contributed by atoms with Gasteiger partial charge in [-0.2, -0.15) is 0 Å². The highest BCUT2D eigenvalue weighted by Gasteiger charge is 2.07. The number of aromatic nitrogens is 5. The molecule has 0 aliphatic rings. The Morgan fingerprint density at radius 1 is 0.950 bits per heavy atom. The summed E-state index contributed by atoms with van der Waals surface area (Å²) < 4.78 is 1.95. The molecule has 4 aromatic rings. The average Bonchev–Trinajstić information content (AvgIpc) is 2.85. The summed E-state index contributed by atoms with van der Waals surface area (Å²) in [6.45, 7) is 0. The number of pyridine rings is 1. The van der Waals surface area contributed by atoms with E-state index in [2.05, 4.69) is 26.0 Å². The highest BCUT2D eigenvalue weighted by atomic mass is 15.0. The lowest BCUT2D eigenvalue weighted by molar-refractivity contribution is 1.10. The molecule has 0 amide bonds. The Kier molecular flexibility index (Phi) is 2.17. The maximum absolute atomic E-state index is 5.61. The molecule has 4 rings (SSSR count). The van der Waals surface area contributed by atoms with Gasteiger partial charge in [-0.25, -0.2) is 19.9 Å². The zero-order valence-corrected chi connectivity index (χ0v) is 10.4. The summed E-state index contributed by atoms with van der Waals surface area (Å²) in [6.07, 6.45) is 5.14. The molecule has 0 atom stereocenters. The first kappa shape index (κ1) is 10.9. The fraction of sp³-hybridized carbons (Fsp3) is 0. The first-order chi connectivity index (χ1) is 9.81. The molecule has 0 saturated carbocycles. The monoisotopic (exact) mass is 262 g/mol. The summed E-state index contributed by atoms with van der Waals surface area (Å²) in [5.41, 5.74) is 8.99. The van der Waals surface area contributed by atoms with Crippen LogP contribution >= 0.6 is 0 Å². The van der Waals surface area contributed by atoms with Crippen LogP contribution in [-0.4, -0.2) is 24.3 Å². The van der Waals surface area contributed by atoms with Gasteiger partial charge in [0.25, 0.3) is 0 Å². The molecular weight excluding hydrogens is 252 g/mol. The summed E-state index contributed by atoms with van der Waals surface area (Å²) >= 11 is 0. The topological polar surface area (TPSA) is 82.0 Å². The molecule has 0 radical (unpaired) electrons. The Balaban J connectivity index is 2.00. The van der Waals surface area contributed by atoms with Crippen LogP contribution in [0.4, 0.5) is 5.95 Å². The summed E-state index contributed by atoms with van der Waals surface area (Å²) in [7, 11) is 0. The molecule has 0 aliphatic carbocycles. The molecule has 4 heterocycles. The predicted octanol–water partition coefficient (Wildman–Crippen LogP) is 1.92. The molecule has 2 N–H and O–H groups in total. The Bertz CT molecular complexity index is 927. The van der Waals surface area contributed by atoms with Crippen LogP contribution in [0.3, 0.4) is 0 Å². The van der Waals surface area contributed by atoms with Crippen molar-refractivity contribution in [3.8, 4) is 11.4 Å². The van der Waals surface area contributed by atoms with Crippen LogP contribution in [-0.2, 0) is 0 Å². The van der Waals surface area contributed by atoms with E-state index in [1.165, 1.54) is 0 Å². The lowest BCUT2D eigenvalue weighted by Gasteiger charge is -2.01. The second-order valence-corrected chi connectivity index (χ2v) is 4.43. The van der Waals surface area contributed by atoms with Crippen molar-refractivity contribution in [1.82, 2.24) is 24.3 Å². The van der Waals surface area contributed by atoms with Gasteiger partial charge in [0.05, 0.1) is 16.9 Å². The molecule has 0 bridgehead atoms. The van der Waals surface area contributed by atoms with Gasteiger partial charge < -0.3 is 5.73 Å². The molecular formula is C14H10N6.